The van der Waals surface area contributed by atoms with Crippen molar-refractivity contribution >= 4 is 63.0 Å². The quantitative estimate of drug-likeness (QED) is 0.159. The van der Waals surface area contributed by atoms with Crippen molar-refractivity contribution in [3.8, 4) is 34.2 Å². The highest BCUT2D eigenvalue weighted by Crippen LogP contribution is 2.36. The average Bonchev–Trinajstić information content (AvgIpc) is 3.82. The maximum atomic E-state index is 5.41. The van der Waals surface area contributed by atoms with E-state index in [0.29, 0.717) is 0 Å². The van der Waals surface area contributed by atoms with E-state index in [-0.39, 0.29) is 0 Å². The highest BCUT2D eigenvalue weighted by Gasteiger charge is 2.46. The first kappa shape index (κ1) is 33.0. The molecule has 1 aliphatic rings. The molecule has 0 saturated carbocycles. The van der Waals surface area contributed by atoms with Crippen LogP contribution in [0.5, 0.6) is 0 Å². The average molecular weight is 745 g/mol. The van der Waals surface area contributed by atoms with Crippen LogP contribution in [-0.4, -0.2) is 27.2 Å². The summed E-state index contributed by atoms with van der Waals surface area (Å²) in [5.74, 6) is 1.84. The minimum atomic E-state index is -3.06. The molecule has 0 radical (unpaired) electrons. The first-order valence-corrected chi connectivity index (χ1v) is 21.4. The second-order valence-corrected chi connectivity index (χ2v) is 18.3. The molecule has 8 aromatic carbocycles. The lowest BCUT2D eigenvalue weighted by Crippen LogP contribution is -2.75. The lowest BCUT2D eigenvalue weighted by molar-refractivity contribution is 1.10. The fourth-order valence-corrected chi connectivity index (χ4v) is 14.3. The van der Waals surface area contributed by atoms with Crippen molar-refractivity contribution in [2.24, 2.45) is 0 Å². The Kier molecular flexibility index (Phi) is 7.79. The first-order chi connectivity index (χ1) is 28.3. The van der Waals surface area contributed by atoms with Gasteiger partial charge < -0.3 is 0 Å². The second kappa shape index (κ2) is 13.4. The van der Waals surface area contributed by atoms with Crippen molar-refractivity contribution in [2.45, 2.75) is 0 Å². The number of hydrogen-bond acceptors (Lipinski definition) is 2. The molecule has 11 rings (SSSR count). The van der Waals surface area contributed by atoms with Crippen LogP contribution in [-0.2, 0) is 0 Å². The minimum absolute atomic E-state index is 0.921. The number of nitrogens with zero attached hydrogens (tertiary/aromatic N) is 4. The third-order valence-electron chi connectivity index (χ3n) is 11.5. The molecule has 0 spiro atoms. The van der Waals surface area contributed by atoms with Gasteiger partial charge in [0, 0.05) is 22.5 Å². The Balaban J connectivity index is 1.28. The molecule has 57 heavy (non-hydrogen) atoms. The Morgan fingerprint density at radius 3 is 1.12 bits per heavy atom. The number of fused-ring (bicyclic) bond motifs is 4. The van der Waals surface area contributed by atoms with Gasteiger partial charge in [-0.3, -0.25) is 9.13 Å². The number of benzene rings is 8. The Labute approximate surface area is 332 Å². The Morgan fingerprint density at radius 2 is 0.702 bits per heavy atom. The van der Waals surface area contributed by atoms with E-state index in [2.05, 4.69) is 228 Å². The van der Waals surface area contributed by atoms with Gasteiger partial charge in [-0.05, 0) is 80.4 Å². The van der Waals surface area contributed by atoms with E-state index in [0.717, 1.165) is 56.2 Å². The van der Waals surface area contributed by atoms with Crippen LogP contribution in [0, 0.1) is 0 Å². The van der Waals surface area contributed by atoms with Crippen molar-refractivity contribution in [2.75, 3.05) is 0 Å². The summed E-state index contributed by atoms with van der Waals surface area (Å²) < 4.78 is 4.64. The molecule has 0 bridgehead atoms. The molecule has 0 saturated heterocycles. The standard InChI is InChI=1S/C52H36N4Si/c1-5-19-37(20-6-1)55-47-31-15-13-29-45(47)53-51(55)43-27-17-33-49-41(43)35-36-42-44(52-54-46-30-14-16-32-48(46)56(52)38-21-7-2-8-22-38)28-18-34-50(42)57(49,39-23-9-3-10-24-39)40-25-11-4-12-26-40/h1-36H. The van der Waals surface area contributed by atoms with Crippen LogP contribution in [0.2, 0.25) is 0 Å². The van der Waals surface area contributed by atoms with Gasteiger partial charge in [-0.25, -0.2) is 9.97 Å². The van der Waals surface area contributed by atoms with Gasteiger partial charge in [0.1, 0.15) is 11.6 Å². The second-order valence-electron chi connectivity index (χ2n) is 14.5. The third-order valence-corrected chi connectivity index (χ3v) is 16.4. The van der Waals surface area contributed by atoms with Gasteiger partial charge in [0.05, 0.1) is 22.1 Å². The number of imidazole rings is 2. The van der Waals surface area contributed by atoms with E-state index < -0.39 is 8.07 Å². The van der Waals surface area contributed by atoms with Crippen LogP contribution in [0.4, 0.5) is 0 Å². The number of hydrogen-bond donors (Lipinski definition) is 0. The molecule has 4 nitrogen and oxygen atoms in total. The molecule has 0 unspecified atom stereocenters. The molecule has 10 aromatic rings. The van der Waals surface area contributed by atoms with Gasteiger partial charge in [0.2, 0.25) is 0 Å². The normalized spacial score (nSPS) is 13.0. The van der Waals surface area contributed by atoms with Crippen LogP contribution in [0.15, 0.2) is 206 Å². The van der Waals surface area contributed by atoms with E-state index in [9.17, 15) is 0 Å². The smallest absolute Gasteiger partial charge is 0.180 e. The van der Waals surface area contributed by atoms with Gasteiger partial charge in [-0.15, -0.1) is 0 Å². The molecule has 3 heterocycles. The van der Waals surface area contributed by atoms with Gasteiger partial charge >= 0.3 is 0 Å². The van der Waals surface area contributed by atoms with Crippen molar-refractivity contribution in [3.05, 3.63) is 217 Å². The summed E-state index contributed by atoms with van der Waals surface area (Å²) in [7, 11) is -3.06. The van der Waals surface area contributed by atoms with Crippen molar-refractivity contribution < 1.29 is 0 Å². The molecule has 1 aliphatic heterocycles. The zero-order valence-electron chi connectivity index (χ0n) is 31.1. The Morgan fingerprint density at radius 1 is 0.333 bits per heavy atom. The molecule has 2 aromatic heterocycles. The summed E-state index contributed by atoms with van der Waals surface area (Å²) in [4.78, 5) is 10.8. The van der Waals surface area contributed by atoms with Crippen LogP contribution >= 0.6 is 0 Å². The highest BCUT2D eigenvalue weighted by molar-refractivity contribution is 7.20. The molecule has 0 N–H and O–H groups in total. The summed E-state index contributed by atoms with van der Waals surface area (Å²) in [6.07, 6.45) is 4.72. The van der Waals surface area contributed by atoms with Crippen LogP contribution in [0.25, 0.3) is 68.4 Å². The molecule has 268 valence electrons. The third kappa shape index (κ3) is 5.13. The molecule has 0 amide bonds. The van der Waals surface area contributed by atoms with E-state index in [1.54, 1.807) is 0 Å². The zero-order valence-corrected chi connectivity index (χ0v) is 32.1. The van der Waals surface area contributed by atoms with Crippen molar-refractivity contribution in [1.29, 1.82) is 0 Å². The summed E-state index contributed by atoms with van der Waals surface area (Å²) in [5, 5.41) is 5.30. The van der Waals surface area contributed by atoms with Crippen LogP contribution in [0.3, 0.4) is 0 Å². The molecule has 5 heteroatoms. The highest BCUT2D eigenvalue weighted by atomic mass is 28.3. The Hall–Kier alpha value is -7.34. The topological polar surface area (TPSA) is 35.6 Å². The molecular weight excluding hydrogens is 709 g/mol. The SMILES string of the molecule is C1=Cc2c(-c3nc4ccccc4n3-c3ccccc3)cccc2[Si](c2ccccc2)(c2ccccc2)c2cccc(-c3nc4ccccc4n3-c3ccccc3)c21. The first-order valence-electron chi connectivity index (χ1n) is 19.4. The van der Waals surface area contributed by atoms with E-state index >= 15 is 0 Å². The summed E-state index contributed by atoms with van der Waals surface area (Å²) in [6.45, 7) is 0. The minimum Gasteiger partial charge on any atom is -0.292 e. The predicted molar refractivity (Wildman–Crippen MR) is 239 cm³/mol. The largest absolute Gasteiger partial charge is 0.292 e. The van der Waals surface area contributed by atoms with Crippen molar-refractivity contribution in [1.82, 2.24) is 19.1 Å². The molecular formula is C52H36N4Si. The van der Waals surface area contributed by atoms with E-state index in [1.807, 2.05) is 0 Å². The fourth-order valence-electron chi connectivity index (χ4n) is 9.10. The summed E-state index contributed by atoms with van der Waals surface area (Å²) >= 11 is 0. The lowest BCUT2D eigenvalue weighted by atomic mass is 10.0. The molecule has 0 fully saturated rings. The molecule has 0 aliphatic carbocycles. The van der Waals surface area contributed by atoms with Gasteiger partial charge in [0.15, 0.2) is 8.07 Å². The van der Waals surface area contributed by atoms with Gasteiger partial charge in [0.25, 0.3) is 0 Å². The number of aromatic nitrogens is 4. The lowest BCUT2D eigenvalue weighted by Gasteiger charge is -2.36. The zero-order chi connectivity index (χ0) is 37.8. The number of para-hydroxylation sites is 6. The molecule has 0 atom stereocenters. The van der Waals surface area contributed by atoms with E-state index in [1.165, 1.54) is 31.9 Å². The van der Waals surface area contributed by atoms with Crippen LogP contribution < -0.4 is 20.7 Å². The van der Waals surface area contributed by atoms with E-state index in [4.69, 9.17) is 9.97 Å². The Bertz CT molecular complexity index is 2900. The van der Waals surface area contributed by atoms with Crippen LogP contribution in [0.1, 0.15) is 11.1 Å². The predicted octanol–water partition coefficient (Wildman–Crippen LogP) is 9.56. The van der Waals surface area contributed by atoms with Gasteiger partial charge in [-0.2, -0.15) is 0 Å². The summed E-state index contributed by atoms with van der Waals surface area (Å²) in [6, 6.07) is 74.3. The summed E-state index contributed by atoms with van der Waals surface area (Å²) in [5.41, 5.74) is 10.8. The maximum Gasteiger partial charge on any atom is 0.180 e. The number of rotatable bonds is 6. The fraction of sp³-hybridized carbons (Fsp3) is 0. The van der Waals surface area contributed by atoms with Gasteiger partial charge in [-0.1, -0.05) is 170 Å². The van der Waals surface area contributed by atoms with Crippen molar-refractivity contribution in [3.63, 3.8) is 0 Å². The maximum absolute atomic E-state index is 5.41. The monoisotopic (exact) mass is 744 g/mol.